The maximum Gasteiger partial charge on any atom is 0.410 e. The lowest BCUT2D eigenvalue weighted by Gasteiger charge is -2.34. The Balaban J connectivity index is 1.39. The van der Waals surface area contributed by atoms with Crippen molar-refractivity contribution in [2.75, 3.05) is 31.1 Å². The number of aromatic nitrogens is 1. The van der Waals surface area contributed by atoms with Crippen molar-refractivity contribution in [3.8, 4) is 17.2 Å². The molecule has 0 N–H and O–H groups in total. The number of thiophene rings is 1. The van der Waals surface area contributed by atoms with Crippen molar-refractivity contribution >= 4 is 33.3 Å². The fourth-order valence-corrected chi connectivity index (χ4v) is 5.25. The van der Waals surface area contributed by atoms with E-state index in [9.17, 15) is 9.59 Å². The number of carbonyl (C=O) groups excluding carboxylic acids is 1. The zero-order valence-electron chi connectivity index (χ0n) is 20.4. The van der Waals surface area contributed by atoms with Crippen molar-refractivity contribution in [1.29, 1.82) is 0 Å². The van der Waals surface area contributed by atoms with E-state index in [1.54, 1.807) is 4.90 Å². The summed E-state index contributed by atoms with van der Waals surface area (Å²) in [4.78, 5) is 33.6. The summed E-state index contributed by atoms with van der Waals surface area (Å²) in [5.74, 6) is 0.908. The minimum Gasteiger partial charge on any atom is -0.489 e. The number of anilines is 1. The third-order valence-electron chi connectivity index (χ3n) is 6.30. The second kappa shape index (κ2) is 9.53. The number of ether oxygens (including phenoxy) is 2. The van der Waals surface area contributed by atoms with E-state index >= 15 is 0 Å². The number of likely N-dealkylation sites (tertiary alicyclic amines) is 1. The van der Waals surface area contributed by atoms with Crippen LogP contribution < -0.4 is 15.3 Å². The first kappa shape index (κ1) is 23.7. The molecule has 0 radical (unpaired) electrons. The molecule has 9 heteroatoms. The molecule has 4 heterocycles. The van der Waals surface area contributed by atoms with Crippen LogP contribution in [0.25, 0.3) is 21.7 Å². The number of benzene rings is 1. The van der Waals surface area contributed by atoms with Gasteiger partial charge in [0.1, 0.15) is 22.2 Å². The molecule has 0 bridgehead atoms. The number of carbonyl (C=O) groups is 1. The summed E-state index contributed by atoms with van der Waals surface area (Å²) in [5, 5.41) is 1.84. The van der Waals surface area contributed by atoms with Gasteiger partial charge in [0.05, 0.1) is 11.1 Å². The van der Waals surface area contributed by atoms with Gasteiger partial charge >= 0.3 is 11.7 Å². The first-order chi connectivity index (χ1) is 16.8. The summed E-state index contributed by atoms with van der Waals surface area (Å²) < 4.78 is 18.1. The van der Waals surface area contributed by atoms with E-state index < -0.39 is 5.60 Å². The second-order valence-electron chi connectivity index (χ2n) is 10.1. The van der Waals surface area contributed by atoms with E-state index in [0.29, 0.717) is 47.5 Å². The number of nitrogens with zero attached hydrogens (tertiary/aromatic N) is 3. The van der Waals surface area contributed by atoms with Crippen molar-refractivity contribution in [1.82, 2.24) is 9.88 Å². The minimum absolute atomic E-state index is 0.0714. The van der Waals surface area contributed by atoms with Gasteiger partial charge < -0.3 is 23.7 Å². The van der Waals surface area contributed by atoms with E-state index in [1.165, 1.54) is 24.2 Å². The maximum atomic E-state index is 12.5. The van der Waals surface area contributed by atoms with Crippen LogP contribution in [0, 0.1) is 0 Å². The molecule has 35 heavy (non-hydrogen) atoms. The van der Waals surface area contributed by atoms with Crippen LogP contribution in [-0.2, 0) is 4.74 Å². The fraction of sp³-hybridized carbons (Fsp3) is 0.500. The van der Waals surface area contributed by atoms with Gasteiger partial charge in [0.15, 0.2) is 0 Å². The van der Waals surface area contributed by atoms with Crippen molar-refractivity contribution in [3.63, 3.8) is 0 Å². The molecule has 5 rings (SSSR count). The highest BCUT2D eigenvalue weighted by atomic mass is 32.1. The smallest absolute Gasteiger partial charge is 0.410 e. The SMILES string of the molecule is CC(C)(C)OC(=O)N1CCC(Oc2cc(N3CCCC3)ccc2-c2nc3ccsc3c(=O)o2)CC1. The summed E-state index contributed by atoms with van der Waals surface area (Å²) in [6.07, 6.45) is 3.36. The monoisotopic (exact) mass is 497 g/mol. The molecule has 3 aromatic rings. The summed E-state index contributed by atoms with van der Waals surface area (Å²) in [6.45, 7) is 8.77. The zero-order chi connectivity index (χ0) is 24.6. The topological polar surface area (TPSA) is 85.1 Å². The molecule has 0 atom stereocenters. The van der Waals surface area contributed by atoms with E-state index in [1.807, 2.05) is 50.4 Å². The van der Waals surface area contributed by atoms with E-state index in [2.05, 4.69) is 9.88 Å². The third-order valence-corrected chi connectivity index (χ3v) is 7.18. The van der Waals surface area contributed by atoms with Crippen molar-refractivity contribution < 1.29 is 18.7 Å². The molecule has 8 nitrogen and oxygen atoms in total. The van der Waals surface area contributed by atoms with Crippen LogP contribution in [-0.4, -0.2) is 53.9 Å². The minimum atomic E-state index is -0.518. The van der Waals surface area contributed by atoms with Gasteiger partial charge in [-0.3, -0.25) is 0 Å². The van der Waals surface area contributed by atoms with Crippen LogP contribution >= 0.6 is 11.3 Å². The number of amides is 1. The van der Waals surface area contributed by atoms with Gasteiger partial charge in [-0.05, 0) is 57.2 Å². The molecule has 0 unspecified atom stereocenters. The highest BCUT2D eigenvalue weighted by Gasteiger charge is 2.29. The summed E-state index contributed by atoms with van der Waals surface area (Å²) in [6, 6.07) is 7.83. The Hall–Kier alpha value is -3.07. The molecule has 0 saturated carbocycles. The van der Waals surface area contributed by atoms with Crippen LogP contribution in [0.1, 0.15) is 46.5 Å². The van der Waals surface area contributed by atoms with Crippen LogP contribution in [0.4, 0.5) is 10.5 Å². The normalized spacial score (nSPS) is 17.2. The number of hydrogen-bond acceptors (Lipinski definition) is 8. The Morgan fingerprint density at radius 1 is 1.11 bits per heavy atom. The van der Waals surface area contributed by atoms with Crippen molar-refractivity contribution in [2.45, 2.75) is 58.2 Å². The van der Waals surface area contributed by atoms with E-state index in [-0.39, 0.29) is 23.7 Å². The lowest BCUT2D eigenvalue weighted by atomic mass is 10.1. The van der Waals surface area contributed by atoms with Gasteiger partial charge in [0.2, 0.25) is 5.89 Å². The highest BCUT2D eigenvalue weighted by molar-refractivity contribution is 7.17. The summed E-state index contributed by atoms with van der Waals surface area (Å²) in [5.41, 5.74) is 1.47. The first-order valence-corrected chi connectivity index (χ1v) is 13.1. The standard InChI is InChI=1S/C26H31N3O5S/c1-26(2,3)34-25(31)29-13-8-18(9-14-29)32-21-16-17(28-11-4-5-12-28)6-7-19(21)23-27-20-10-15-35-22(20)24(30)33-23/h6-7,10,15-16,18H,4-5,8-9,11-14H2,1-3H3. The fourth-order valence-electron chi connectivity index (χ4n) is 4.54. The average Bonchev–Trinajstić information content (AvgIpc) is 3.51. The number of fused-ring (bicyclic) bond motifs is 1. The Labute approximate surface area is 208 Å². The van der Waals surface area contributed by atoms with Crippen LogP contribution in [0.15, 0.2) is 38.9 Å². The Morgan fingerprint density at radius 2 is 1.86 bits per heavy atom. The van der Waals surface area contributed by atoms with Crippen LogP contribution in [0.2, 0.25) is 0 Å². The molecular weight excluding hydrogens is 466 g/mol. The van der Waals surface area contributed by atoms with Crippen LogP contribution in [0.5, 0.6) is 5.75 Å². The van der Waals surface area contributed by atoms with Gasteiger partial charge in [-0.25, -0.2) is 14.6 Å². The first-order valence-electron chi connectivity index (χ1n) is 12.2. The largest absolute Gasteiger partial charge is 0.489 e. The summed E-state index contributed by atoms with van der Waals surface area (Å²) >= 11 is 1.33. The molecule has 2 aliphatic rings. The molecule has 2 aromatic heterocycles. The molecule has 0 aliphatic carbocycles. The molecule has 2 fully saturated rings. The van der Waals surface area contributed by atoms with E-state index in [0.717, 1.165) is 18.8 Å². The lowest BCUT2D eigenvalue weighted by Crippen LogP contribution is -2.44. The van der Waals surface area contributed by atoms with Crippen molar-refractivity contribution in [2.24, 2.45) is 0 Å². The van der Waals surface area contributed by atoms with Gasteiger partial charge in [0.25, 0.3) is 0 Å². The van der Waals surface area contributed by atoms with E-state index in [4.69, 9.17) is 13.9 Å². The third kappa shape index (κ3) is 5.29. The zero-order valence-corrected chi connectivity index (χ0v) is 21.2. The van der Waals surface area contributed by atoms with Gasteiger partial charge in [0, 0.05) is 50.8 Å². The average molecular weight is 498 g/mol. The molecule has 2 saturated heterocycles. The maximum absolute atomic E-state index is 12.5. The molecule has 1 aromatic carbocycles. The molecular formula is C26H31N3O5S. The van der Waals surface area contributed by atoms with Crippen molar-refractivity contribution in [3.05, 3.63) is 40.1 Å². The van der Waals surface area contributed by atoms with Crippen LogP contribution in [0.3, 0.4) is 0 Å². The quantitative estimate of drug-likeness (QED) is 0.484. The molecule has 1 amide bonds. The Morgan fingerprint density at radius 3 is 2.57 bits per heavy atom. The number of rotatable bonds is 4. The molecule has 186 valence electrons. The number of piperidine rings is 1. The lowest BCUT2D eigenvalue weighted by molar-refractivity contribution is 0.0127. The van der Waals surface area contributed by atoms with Gasteiger partial charge in [-0.15, -0.1) is 11.3 Å². The predicted molar refractivity (Wildman–Crippen MR) is 136 cm³/mol. The van der Waals surface area contributed by atoms with Gasteiger partial charge in [-0.2, -0.15) is 0 Å². The molecule has 2 aliphatic heterocycles. The Kier molecular flexibility index (Phi) is 6.44. The highest BCUT2D eigenvalue weighted by Crippen LogP contribution is 2.36. The summed E-state index contributed by atoms with van der Waals surface area (Å²) in [7, 11) is 0. The Bertz CT molecular complexity index is 1260. The predicted octanol–water partition coefficient (Wildman–Crippen LogP) is 5.30. The van der Waals surface area contributed by atoms with Gasteiger partial charge in [-0.1, -0.05) is 0 Å². The second-order valence-corrected chi connectivity index (χ2v) is 11.0. The number of hydrogen-bond donors (Lipinski definition) is 0. The molecule has 0 spiro atoms.